The summed E-state index contributed by atoms with van der Waals surface area (Å²) in [5, 5.41) is 2.84. The van der Waals surface area contributed by atoms with Gasteiger partial charge in [-0.1, -0.05) is 6.07 Å². The first-order chi connectivity index (χ1) is 14.0. The molecular formula is C22H21N5O2. The van der Waals surface area contributed by atoms with Crippen molar-refractivity contribution in [2.24, 2.45) is 0 Å². The number of nitrogens with one attached hydrogen (secondary N) is 1. The number of pyridine rings is 3. The topological polar surface area (TPSA) is 81.4 Å². The summed E-state index contributed by atoms with van der Waals surface area (Å²) in [5.74, 6) is 1.07. The summed E-state index contributed by atoms with van der Waals surface area (Å²) in [6.45, 7) is 3.95. The van der Waals surface area contributed by atoms with Crippen LogP contribution < -0.4 is 10.1 Å². The molecule has 0 aliphatic heterocycles. The standard InChI is InChI=1S/C22H21N5O2/c1-14-8-16(11-24-22(14)17-6-7-23-15(2)9-17)10-21(28)26-19-13-27-12-18(29-3)4-5-20(27)25-19/h4-9,11-13H,10H2,1-3H3,(H,26,28). The first-order valence-electron chi connectivity index (χ1n) is 9.23. The van der Waals surface area contributed by atoms with Crippen LogP contribution in [0.3, 0.4) is 0 Å². The van der Waals surface area contributed by atoms with Crippen LogP contribution in [0.5, 0.6) is 5.75 Å². The fraction of sp³-hybridized carbons (Fsp3) is 0.182. The number of ether oxygens (including phenoxy) is 1. The van der Waals surface area contributed by atoms with Gasteiger partial charge in [0.25, 0.3) is 0 Å². The van der Waals surface area contributed by atoms with E-state index in [4.69, 9.17) is 4.74 Å². The molecule has 1 N–H and O–H groups in total. The minimum absolute atomic E-state index is 0.144. The van der Waals surface area contributed by atoms with Crippen molar-refractivity contribution in [3.8, 4) is 17.0 Å². The van der Waals surface area contributed by atoms with Crippen LogP contribution in [0.15, 0.2) is 55.1 Å². The Balaban J connectivity index is 1.48. The van der Waals surface area contributed by atoms with E-state index in [1.165, 1.54) is 0 Å². The van der Waals surface area contributed by atoms with Gasteiger partial charge in [0.05, 0.1) is 31.6 Å². The van der Waals surface area contributed by atoms with Crippen molar-refractivity contribution in [3.63, 3.8) is 0 Å². The lowest BCUT2D eigenvalue weighted by atomic mass is 10.0. The van der Waals surface area contributed by atoms with Crippen LogP contribution in [0.25, 0.3) is 16.9 Å². The third-order valence-electron chi connectivity index (χ3n) is 4.60. The Kier molecular flexibility index (Phi) is 4.95. The molecule has 146 valence electrons. The second kappa shape index (κ2) is 7.71. The molecular weight excluding hydrogens is 366 g/mol. The Hall–Kier alpha value is -3.74. The molecule has 7 heteroatoms. The van der Waals surface area contributed by atoms with Gasteiger partial charge < -0.3 is 14.5 Å². The highest BCUT2D eigenvalue weighted by atomic mass is 16.5. The van der Waals surface area contributed by atoms with Gasteiger partial charge >= 0.3 is 0 Å². The van der Waals surface area contributed by atoms with Gasteiger partial charge in [0, 0.05) is 23.7 Å². The number of nitrogens with zero attached hydrogens (tertiary/aromatic N) is 4. The van der Waals surface area contributed by atoms with Crippen molar-refractivity contribution in [2.45, 2.75) is 20.3 Å². The number of rotatable bonds is 5. The summed E-state index contributed by atoms with van der Waals surface area (Å²) in [6, 6.07) is 9.59. The molecule has 4 heterocycles. The summed E-state index contributed by atoms with van der Waals surface area (Å²) in [4.78, 5) is 25.7. The Morgan fingerprint density at radius 3 is 2.76 bits per heavy atom. The van der Waals surface area contributed by atoms with Crippen LogP contribution in [0, 0.1) is 13.8 Å². The average molecular weight is 387 g/mol. The molecule has 1 amide bonds. The first kappa shape index (κ1) is 18.6. The summed E-state index contributed by atoms with van der Waals surface area (Å²) >= 11 is 0. The molecule has 4 aromatic heterocycles. The maximum Gasteiger partial charge on any atom is 0.230 e. The molecule has 0 spiro atoms. The zero-order valence-electron chi connectivity index (χ0n) is 16.5. The lowest BCUT2D eigenvalue weighted by molar-refractivity contribution is -0.115. The fourth-order valence-electron chi connectivity index (χ4n) is 3.25. The van der Waals surface area contributed by atoms with Crippen molar-refractivity contribution in [2.75, 3.05) is 12.4 Å². The summed E-state index contributed by atoms with van der Waals surface area (Å²) < 4.78 is 7.02. The summed E-state index contributed by atoms with van der Waals surface area (Å²) in [5.41, 5.74) is 5.45. The van der Waals surface area contributed by atoms with Crippen LogP contribution >= 0.6 is 0 Å². The number of imidazole rings is 1. The van der Waals surface area contributed by atoms with Crippen LogP contribution in [0.4, 0.5) is 5.82 Å². The van der Waals surface area contributed by atoms with Crippen LogP contribution in [0.1, 0.15) is 16.8 Å². The SMILES string of the molecule is COc1ccc2nc(NC(=O)Cc3cnc(-c4ccnc(C)c4)c(C)c3)cn2c1. The Labute approximate surface area is 168 Å². The van der Waals surface area contributed by atoms with E-state index in [1.54, 1.807) is 25.7 Å². The number of fused-ring (bicyclic) bond motifs is 1. The molecule has 0 unspecified atom stereocenters. The molecule has 0 saturated heterocycles. The normalized spacial score (nSPS) is 10.9. The summed E-state index contributed by atoms with van der Waals surface area (Å²) in [7, 11) is 1.61. The van der Waals surface area contributed by atoms with Gasteiger partial charge in [-0.3, -0.25) is 14.8 Å². The molecule has 0 aromatic carbocycles. The second-order valence-electron chi connectivity index (χ2n) is 6.88. The van der Waals surface area contributed by atoms with Crippen LogP contribution in [0.2, 0.25) is 0 Å². The highest BCUT2D eigenvalue weighted by molar-refractivity contribution is 5.91. The van der Waals surface area contributed by atoms with Crippen LogP contribution in [-0.2, 0) is 11.2 Å². The molecule has 0 aliphatic carbocycles. The maximum atomic E-state index is 12.5. The number of anilines is 1. The minimum Gasteiger partial charge on any atom is -0.495 e. The Morgan fingerprint density at radius 2 is 2.00 bits per heavy atom. The maximum absolute atomic E-state index is 12.5. The predicted molar refractivity (Wildman–Crippen MR) is 111 cm³/mol. The molecule has 0 saturated carbocycles. The van der Waals surface area contributed by atoms with Gasteiger partial charge in [0.15, 0.2) is 5.82 Å². The molecule has 0 bridgehead atoms. The molecule has 0 radical (unpaired) electrons. The number of carbonyl (C=O) groups is 1. The van der Waals surface area contributed by atoms with Gasteiger partial charge in [-0.25, -0.2) is 4.98 Å². The molecule has 0 aliphatic rings. The molecule has 7 nitrogen and oxygen atoms in total. The third kappa shape index (κ3) is 4.08. The number of hydrogen-bond donors (Lipinski definition) is 1. The van der Waals surface area contributed by atoms with E-state index in [0.717, 1.165) is 39.5 Å². The van der Waals surface area contributed by atoms with Crippen molar-refractivity contribution in [1.29, 1.82) is 0 Å². The Bertz CT molecular complexity index is 1200. The van der Waals surface area contributed by atoms with Crippen molar-refractivity contribution >= 4 is 17.4 Å². The summed E-state index contributed by atoms with van der Waals surface area (Å²) in [6.07, 6.45) is 7.31. The zero-order chi connectivity index (χ0) is 20.4. The minimum atomic E-state index is -0.144. The van der Waals surface area contributed by atoms with Crippen molar-refractivity contribution in [1.82, 2.24) is 19.4 Å². The molecule has 0 atom stereocenters. The molecule has 0 fully saturated rings. The van der Waals surface area contributed by atoms with Gasteiger partial charge in [-0.15, -0.1) is 0 Å². The number of hydrogen-bond acceptors (Lipinski definition) is 5. The zero-order valence-corrected chi connectivity index (χ0v) is 16.5. The van der Waals surface area contributed by atoms with Crippen LogP contribution in [-0.4, -0.2) is 32.4 Å². The van der Waals surface area contributed by atoms with Crippen molar-refractivity contribution < 1.29 is 9.53 Å². The smallest absolute Gasteiger partial charge is 0.230 e. The lowest BCUT2D eigenvalue weighted by Gasteiger charge is -2.08. The van der Waals surface area contributed by atoms with E-state index in [2.05, 4.69) is 20.3 Å². The number of amides is 1. The number of carbonyl (C=O) groups excluding carboxylic acids is 1. The number of aromatic nitrogens is 4. The van der Waals surface area contributed by atoms with E-state index in [9.17, 15) is 4.79 Å². The first-order valence-corrected chi connectivity index (χ1v) is 9.23. The lowest BCUT2D eigenvalue weighted by Crippen LogP contribution is -2.15. The predicted octanol–water partition coefficient (Wildman–Crippen LogP) is 3.60. The van der Waals surface area contributed by atoms with Gasteiger partial charge in [-0.2, -0.15) is 0 Å². The quantitative estimate of drug-likeness (QED) is 0.566. The second-order valence-corrected chi connectivity index (χ2v) is 6.88. The third-order valence-corrected chi connectivity index (χ3v) is 4.60. The number of aryl methyl sites for hydroxylation is 2. The van der Waals surface area contributed by atoms with E-state index in [0.29, 0.717) is 5.82 Å². The van der Waals surface area contributed by atoms with E-state index >= 15 is 0 Å². The monoisotopic (exact) mass is 387 g/mol. The van der Waals surface area contributed by atoms with E-state index < -0.39 is 0 Å². The van der Waals surface area contributed by atoms with Gasteiger partial charge in [0.2, 0.25) is 5.91 Å². The highest BCUT2D eigenvalue weighted by Crippen LogP contribution is 2.22. The molecule has 29 heavy (non-hydrogen) atoms. The highest BCUT2D eigenvalue weighted by Gasteiger charge is 2.11. The number of methoxy groups -OCH3 is 1. The Morgan fingerprint density at radius 1 is 1.14 bits per heavy atom. The molecule has 4 aromatic rings. The largest absolute Gasteiger partial charge is 0.495 e. The average Bonchev–Trinajstić information content (AvgIpc) is 3.09. The van der Waals surface area contributed by atoms with Gasteiger partial charge in [0.1, 0.15) is 11.4 Å². The van der Waals surface area contributed by atoms with Gasteiger partial charge in [-0.05, 0) is 49.2 Å². The molecule has 4 rings (SSSR count). The van der Waals surface area contributed by atoms with E-state index in [1.807, 2.05) is 54.8 Å². The fourth-order valence-corrected chi connectivity index (χ4v) is 3.25. The van der Waals surface area contributed by atoms with E-state index in [-0.39, 0.29) is 12.3 Å². The van der Waals surface area contributed by atoms with Crippen molar-refractivity contribution in [3.05, 3.63) is 71.9 Å².